The highest BCUT2D eigenvalue weighted by Crippen LogP contribution is 2.36. The highest BCUT2D eigenvalue weighted by molar-refractivity contribution is 9.10. The molecule has 1 saturated carbocycles. The topological polar surface area (TPSA) is 28.2 Å². The molecule has 4 heteroatoms. The molecule has 0 bridgehead atoms. The molecule has 17 heavy (non-hydrogen) atoms. The maximum absolute atomic E-state index is 4.42. The first kappa shape index (κ1) is 12.8. The molecule has 0 aliphatic heterocycles. The molecule has 2 rings (SSSR count). The van der Waals surface area contributed by atoms with Crippen molar-refractivity contribution in [3.05, 3.63) is 22.3 Å². The Bertz CT molecular complexity index is 400. The van der Waals surface area contributed by atoms with E-state index in [-0.39, 0.29) is 0 Å². The number of rotatable bonds is 4. The van der Waals surface area contributed by atoms with E-state index in [1.54, 1.807) is 0 Å². The summed E-state index contributed by atoms with van der Waals surface area (Å²) in [5.74, 6) is 0.948. The molecule has 0 aromatic carbocycles. The molecule has 0 unspecified atom stereocenters. The Morgan fingerprint density at radius 2 is 2.18 bits per heavy atom. The van der Waals surface area contributed by atoms with Crippen LogP contribution in [0.15, 0.2) is 16.7 Å². The summed E-state index contributed by atoms with van der Waals surface area (Å²) in [5, 5.41) is 3.46. The third kappa shape index (κ3) is 2.63. The molecule has 1 fully saturated rings. The first-order chi connectivity index (χ1) is 8.03. The Hall–Kier alpha value is -0.610. The van der Waals surface area contributed by atoms with E-state index in [2.05, 4.69) is 58.2 Å². The van der Waals surface area contributed by atoms with Gasteiger partial charge in [0.2, 0.25) is 0 Å². The number of anilines is 1. The molecular formula is C13H20BrN3. The molecule has 0 amide bonds. The van der Waals surface area contributed by atoms with Crippen LogP contribution in [0.3, 0.4) is 0 Å². The number of aromatic nitrogens is 1. The van der Waals surface area contributed by atoms with Gasteiger partial charge in [-0.3, -0.25) is 0 Å². The van der Waals surface area contributed by atoms with Crippen molar-refractivity contribution < 1.29 is 0 Å². The van der Waals surface area contributed by atoms with Gasteiger partial charge in [-0.05, 0) is 67.8 Å². The van der Waals surface area contributed by atoms with E-state index in [0.717, 1.165) is 16.8 Å². The lowest BCUT2D eigenvalue weighted by Gasteiger charge is -2.47. The lowest BCUT2D eigenvalue weighted by Crippen LogP contribution is -2.54. The molecule has 94 valence electrons. The number of hydrogen-bond acceptors (Lipinski definition) is 3. The van der Waals surface area contributed by atoms with Gasteiger partial charge in [0.15, 0.2) is 0 Å². The van der Waals surface area contributed by atoms with Crippen molar-refractivity contribution in [1.29, 1.82) is 0 Å². The van der Waals surface area contributed by atoms with Gasteiger partial charge in [-0.1, -0.05) is 0 Å². The van der Waals surface area contributed by atoms with Gasteiger partial charge in [0.25, 0.3) is 0 Å². The molecule has 1 aliphatic carbocycles. The Kier molecular flexibility index (Phi) is 3.73. The molecular weight excluding hydrogens is 278 g/mol. The van der Waals surface area contributed by atoms with E-state index in [1.165, 1.54) is 24.8 Å². The van der Waals surface area contributed by atoms with Crippen LogP contribution in [-0.2, 0) is 0 Å². The maximum Gasteiger partial charge on any atom is 0.140 e. The maximum atomic E-state index is 4.42. The summed E-state index contributed by atoms with van der Waals surface area (Å²) < 4.78 is 1.05. The second kappa shape index (κ2) is 4.94. The molecule has 0 atom stereocenters. The van der Waals surface area contributed by atoms with E-state index in [4.69, 9.17) is 0 Å². The van der Waals surface area contributed by atoms with Crippen LogP contribution in [0, 0.1) is 6.92 Å². The molecule has 3 nitrogen and oxygen atoms in total. The quantitative estimate of drug-likeness (QED) is 0.926. The van der Waals surface area contributed by atoms with Crippen LogP contribution in [0.4, 0.5) is 5.82 Å². The predicted molar refractivity (Wildman–Crippen MR) is 75.4 cm³/mol. The summed E-state index contributed by atoms with van der Waals surface area (Å²) in [6, 6.07) is 2.10. The smallest absolute Gasteiger partial charge is 0.140 e. The number of pyridine rings is 1. The molecule has 1 aromatic rings. The van der Waals surface area contributed by atoms with Crippen LogP contribution < -0.4 is 5.32 Å². The number of aryl methyl sites for hydroxylation is 1. The van der Waals surface area contributed by atoms with E-state index in [1.807, 2.05) is 6.20 Å². The van der Waals surface area contributed by atoms with Crippen molar-refractivity contribution in [2.24, 2.45) is 0 Å². The first-order valence-electron chi connectivity index (χ1n) is 6.07. The van der Waals surface area contributed by atoms with Crippen LogP contribution in [0.25, 0.3) is 0 Å². The average molecular weight is 298 g/mol. The fourth-order valence-electron chi connectivity index (χ4n) is 2.28. The molecule has 0 radical (unpaired) electrons. The fraction of sp³-hybridized carbons (Fsp3) is 0.615. The lowest BCUT2D eigenvalue weighted by atomic mass is 9.75. The normalized spacial score (nSPS) is 17.9. The van der Waals surface area contributed by atoms with Gasteiger partial charge >= 0.3 is 0 Å². The van der Waals surface area contributed by atoms with E-state index in [9.17, 15) is 0 Å². The predicted octanol–water partition coefficient (Wildman–Crippen LogP) is 3.05. The third-order valence-corrected chi connectivity index (χ3v) is 4.40. The summed E-state index contributed by atoms with van der Waals surface area (Å²) >= 11 is 3.55. The summed E-state index contributed by atoms with van der Waals surface area (Å²) in [7, 11) is 4.33. The Labute approximate surface area is 112 Å². The fourth-order valence-corrected chi connectivity index (χ4v) is 2.88. The zero-order chi connectivity index (χ0) is 12.5. The molecule has 1 aliphatic rings. The second-order valence-electron chi connectivity index (χ2n) is 5.17. The molecule has 1 N–H and O–H groups in total. The average Bonchev–Trinajstić information content (AvgIpc) is 2.18. The zero-order valence-electron chi connectivity index (χ0n) is 10.8. The van der Waals surface area contributed by atoms with Crippen molar-refractivity contribution >= 4 is 21.7 Å². The van der Waals surface area contributed by atoms with Crippen molar-refractivity contribution in [2.75, 3.05) is 26.0 Å². The van der Waals surface area contributed by atoms with Gasteiger partial charge in [-0.2, -0.15) is 0 Å². The van der Waals surface area contributed by atoms with Crippen LogP contribution in [-0.4, -0.2) is 36.1 Å². The minimum Gasteiger partial charge on any atom is -0.367 e. The summed E-state index contributed by atoms with van der Waals surface area (Å²) in [6.07, 6.45) is 5.78. The van der Waals surface area contributed by atoms with E-state index >= 15 is 0 Å². The summed E-state index contributed by atoms with van der Waals surface area (Å²) in [5.41, 5.74) is 1.50. The molecule has 0 saturated heterocycles. The lowest BCUT2D eigenvalue weighted by molar-refractivity contribution is 0.0738. The summed E-state index contributed by atoms with van der Waals surface area (Å²) in [6.45, 7) is 3.02. The van der Waals surface area contributed by atoms with Gasteiger partial charge in [-0.15, -0.1) is 0 Å². The van der Waals surface area contributed by atoms with Crippen molar-refractivity contribution in [3.63, 3.8) is 0 Å². The third-order valence-electron chi connectivity index (χ3n) is 3.80. The largest absolute Gasteiger partial charge is 0.367 e. The Balaban J connectivity index is 2.02. The summed E-state index contributed by atoms with van der Waals surface area (Å²) in [4.78, 5) is 6.76. The van der Waals surface area contributed by atoms with Gasteiger partial charge in [-0.25, -0.2) is 4.98 Å². The number of halogens is 1. The monoisotopic (exact) mass is 297 g/mol. The second-order valence-corrected chi connectivity index (χ2v) is 6.02. The molecule has 1 heterocycles. The highest BCUT2D eigenvalue weighted by atomic mass is 79.9. The molecule has 0 spiro atoms. The SMILES string of the molecule is Cc1cnc(NCC2(N(C)C)CCC2)c(Br)c1. The zero-order valence-corrected chi connectivity index (χ0v) is 12.3. The van der Waals surface area contributed by atoms with Crippen LogP contribution in [0.5, 0.6) is 0 Å². The standard InChI is InChI=1S/C13H20BrN3/c1-10-7-11(14)12(15-8-10)16-9-13(17(2)3)5-4-6-13/h7-8H,4-6,9H2,1-3H3,(H,15,16). The van der Waals surface area contributed by atoms with Gasteiger partial charge in [0, 0.05) is 18.3 Å². The van der Waals surface area contributed by atoms with Gasteiger partial charge in [0.1, 0.15) is 5.82 Å². The van der Waals surface area contributed by atoms with Gasteiger partial charge < -0.3 is 10.2 Å². The number of hydrogen-bond donors (Lipinski definition) is 1. The van der Waals surface area contributed by atoms with E-state index < -0.39 is 0 Å². The van der Waals surface area contributed by atoms with Crippen LogP contribution in [0.2, 0.25) is 0 Å². The Morgan fingerprint density at radius 1 is 1.47 bits per heavy atom. The van der Waals surface area contributed by atoms with E-state index in [0.29, 0.717) is 5.54 Å². The van der Waals surface area contributed by atoms with Crippen molar-refractivity contribution in [3.8, 4) is 0 Å². The van der Waals surface area contributed by atoms with Crippen molar-refractivity contribution in [2.45, 2.75) is 31.7 Å². The highest BCUT2D eigenvalue weighted by Gasteiger charge is 2.38. The number of likely N-dealkylation sites (N-methyl/N-ethyl adjacent to an activating group) is 1. The molecule has 1 aromatic heterocycles. The number of nitrogens with one attached hydrogen (secondary N) is 1. The van der Waals surface area contributed by atoms with Crippen LogP contribution in [0.1, 0.15) is 24.8 Å². The van der Waals surface area contributed by atoms with Crippen LogP contribution >= 0.6 is 15.9 Å². The minimum atomic E-state index is 0.325. The number of nitrogens with zero attached hydrogens (tertiary/aromatic N) is 2. The Morgan fingerprint density at radius 3 is 2.65 bits per heavy atom. The first-order valence-corrected chi connectivity index (χ1v) is 6.86. The van der Waals surface area contributed by atoms with Gasteiger partial charge in [0.05, 0.1) is 4.47 Å². The minimum absolute atomic E-state index is 0.325. The van der Waals surface area contributed by atoms with Crippen molar-refractivity contribution in [1.82, 2.24) is 9.88 Å².